The summed E-state index contributed by atoms with van der Waals surface area (Å²) in [7, 11) is 1.60. The van der Waals surface area contributed by atoms with Gasteiger partial charge in [-0.25, -0.2) is 4.79 Å². The molecule has 1 aromatic carbocycles. The highest BCUT2D eigenvalue weighted by atomic mass is 35.5. The standard InChI is InChI=1S/C12H16Cl2N2O2/c1-12(2,18)7-16(3)11(17)15-10-5-8(13)4-9(14)6-10/h4-6,18H,7H2,1-3H3,(H,15,17). The SMILES string of the molecule is CN(CC(C)(C)O)C(=O)Nc1cc(Cl)cc(Cl)c1. The first-order chi connectivity index (χ1) is 8.17. The molecule has 0 saturated carbocycles. The van der Waals surface area contributed by atoms with Crippen LogP contribution in [0.5, 0.6) is 0 Å². The lowest BCUT2D eigenvalue weighted by molar-refractivity contribution is 0.0550. The van der Waals surface area contributed by atoms with E-state index in [0.29, 0.717) is 15.7 Å². The number of nitrogens with one attached hydrogen (secondary N) is 1. The molecule has 18 heavy (non-hydrogen) atoms. The molecule has 0 atom stereocenters. The fourth-order valence-electron chi connectivity index (χ4n) is 1.50. The average molecular weight is 291 g/mol. The van der Waals surface area contributed by atoms with Crippen LogP contribution in [0.25, 0.3) is 0 Å². The summed E-state index contributed by atoms with van der Waals surface area (Å²) in [5.74, 6) is 0. The van der Waals surface area contributed by atoms with Crippen molar-refractivity contribution in [3.8, 4) is 0 Å². The number of rotatable bonds is 3. The minimum absolute atomic E-state index is 0.215. The molecule has 0 saturated heterocycles. The van der Waals surface area contributed by atoms with Gasteiger partial charge in [-0.1, -0.05) is 23.2 Å². The maximum atomic E-state index is 11.8. The summed E-state index contributed by atoms with van der Waals surface area (Å²) in [6.45, 7) is 3.48. The Morgan fingerprint density at radius 2 is 1.83 bits per heavy atom. The van der Waals surface area contributed by atoms with E-state index in [4.69, 9.17) is 23.2 Å². The van der Waals surface area contributed by atoms with Crippen molar-refractivity contribution in [2.75, 3.05) is 18.9 Å². The molecule has 1 rings (SSSR count). The Bertz CT molecular complexity index is 424. The molecule has 0 aromatic heterocycles. The molecule has 0 aliphatic carbocycles. The summed E-state index contributed by atoms with van der Waals surface area (Å²) in [5.41, 5.74) is -0.432. The van der Waals surface area contributed by atoms with E-state index in [-0.39, 0.29) is 12.6 Å². The van der Waals surface area contributed by atoms with Gasteiger partial charge in [-0.2, -0.15) is 0 Å². The Kier molecular flexibility index (Phi) is 4.85. The predicted octanol–water partition coefficient (Wildman–Crippen LogP) is 3.23. The minimum Gasteiger partial charge on any atom is -0.389 e. The van der Waals surface area contributed by atoms with Gasteiger partial charge in [0.05, 0.1) is 12.1 Å². The first kappa shape index (κ1) is 15.1. The van der Waals surface area contributed by atoms with Crippen LogP contribution in [0.3, 0.4) is 0 Å². The van der Waals surface area contributed by atoms with Gasteiger partial charge < -0.3 is 15.3 Å². The van der Waals surface area contributed by atoms with Gasteiger partial charge in [0.1, 0.15) is 0 Å². The van der Waals surface area contributed by atoms with E-state index in [1.54, 1.807) is 39.1 Å². The lowest BCUT2D eigenvalue weighted by atomic mass is 10.1. The minimum atomic E-state index is -0.946. The summed E-state index contributed by atoms with van der Waals surface area (Å²) in [6, 6.07) is 4.45. The van der Waals surface area contributed by atoms with Crippen LogP contribution in [-0.2, 0) is 0 Å². The molecule has 4 nitrogen and oxygen atoms in total. The fraction of sp³-hybridized carbons (Fsp3) is 0.417. The second-order valence-electron chi connectivity index (χ2n) is 4.76. The van der Waals surface area contributed by atoms with Crippen LogP contribution in [-0.4, -0.2) is 35.2 Å². The van der Waals surface area contributed by atoms with Gasteiger partial charge in [0.2, 0.25) is 0 Å². The van der Waals surface area contributed by atoms with Crippen LogP contribution < -0.4 is 5.32 Å². The molecular formula is C12H16Cl2N2O2. The van der Waals surface area contributed by atoms with Gasteiger partial charge in [0, 0.05) is 22.8 Å². The number of aliphatic hydroxyl groups is 1. The normalized spacial score (nSPS) is 11.2. The molecule has 0 unspecified atom stereocenters. The Morgan fingerprint density at radius 3 is 2.28 bits per heavy atom. The maximum Gasteiger partial charge on any atom is 0.321 e. The van der Waals surface area contributed by atoms with Crippen molar-refractivity contribution in [3.05, 3.63) is 28.2 Å². The van der Waals surface area contributed by atoms with Crippen molar-refractivity contribution in [3.63, 3.8) is 0 Å². The Hall–Kier alpha value is -0.970. The topological polar surface area (TPSA) is 52.6 Å². The molecule has 2 amide bonds. The number of benzene rings is 1. The van der Waals surface area contributed by atoms with E-state index in [9.17, 15) is 9.90 Å². The first-order valence-electron chi connectivity index (χ1n) is 5.38. The zero-order chi connectivity index (χ0) is 13.9. The van der Waals surface area contributed by atoms with E-state index in [1.807, 2.05) is 0 Å². The van der Waals surface area contributed by atoms with Crippen molar-refractivity contribution >= 4 is 34.9 Å². The zero-order valence-corrected chi connectivity index (χ0v) is 12.0. The van der Waals surface area contributed by atoms with E-state index in [1.165, 1.54) is 4.90 Å². The third kappa shape index (κ3) is 5.12. The average Bonchev–Trinajstić information content (AvgIpc) is 2.12. The van der Waals surface area contributed by atoms with E-state index < -0.39 is 5.60 Å². The van der Waals surface area contributed by atoms with Crippen LogP contribution in [0, 0.1) is 0 Å². The highest BCUT2D eigenvalue weighted by molar-refractivity contribution is 6.35. The van der Waals surface area contributed by atoms with Gasteiger partial charge in [0.25, 0.3) is 0 Å². The van der Waals surface area contributed by atoms with Gasteiger partial charge in [0.15, 0.2) is 0 Å². The number of carbonyl (C=O) groups is 1. The lowest BCUT2D eigenvalue weighted by Gasteiger charge is -2.25. The highest BCUT2D eigenvalue weighted by Gasteiger charge is 2.19. The number of nitrogens with zero attached hydrogens (tertiary/aromatic N) is 1. The molecular weight excluding hydrogens is 275 g/mol. The van der Waals surface area contributed by atoms with Gasteiger partial charge in [-0.15, -0.1) is 0 Å². The molecule has 0 heterocycles. The van der Waals surface area contributed by atoms with Crippen molar-refractivity contribution < 1.29 is 9.90 Å². The Balaban J connectivity index is 2.69. The number of hydrogen-bond acceptors (Lipinski definition) is 2. The third-order valence-corrected chi connectivity index (χ3v) is 2.52. The number of amides is 2. The molecule has 0 fully saturated rings. The largest absolute Gasteiger partial charge is 0.389 e. The van der Waals surface area contributed by atoms with Crippen molar-refractivity contribution in [2.45, 2.75) is 19.4 Å². The summed E-state index contributed by atoms with van der Waals surface area (Å²) < 4.78 is 0. The number of anilines is 1. The fourth-order valence-corrected chi connectivity index (χ4v) is 2.02. The van der Waals surface area contributed by atoms with Crippen LogP contribution in [0.15, 0.2) is 18.2 Å². The first-order valence-corrected chi connectivity index (χ1v) is 6.13. The van der Waals surface area contributed by atoms with Gasteiger partial charge in [-0.05, 0) is 32.0 Å². The van der Waals surface area contributed by atoms with Crippen LogP contribution in [0.4, 0.5) is 10.5 Å². The van der Waals surface area contributed by atoms with Crippen LogP contribution >= 0.6 is 23.2 Å². The smallest absolute Gasteiger partial charge is 0.321 e. The maximum absolute atomic E-state index is 11.8. The quantitative estimate of drug-likeness (QED) is 0.898. The van der Waals surface area contributed by atoms with E-state index in [2.05, 4.69) is 5.32 Å². The second-order valence-corrected chi connectivity index (χ2v) is 5.63. The number of halogens is 2. The van der Waals surface area contributed by atoms with E-state index in [0.717, 1.165) is 0 Å². The monoisotopic (exact) mass is 290 g/mol. The van der Waals surface area contributed by atoms with Crippen molar-refractivity contribution in [1.82, 2.24) is 4.90 Å². The summed E-state index contributed by atoms with van der Waals surface area (Å²) in [5, 5.41) is 13.2. The summed E-state index contributed by atoms with van der Waals surface area (Å²) >= 11 is 11.7. The van der Waals surface area contributed by atoms with Crippen molar-refractivity contribution in [2.24, 2.45) is 0 Å². The predicted molar refractivity (Wildman–Crippen MR) is 74.4 cm³/mol. The lowest BCUT2D eigenvalue weighted by Crippen LogP contribution is -2.41. The Labute approximate surface area is 116 Å². The molecule has 0 radical (unpaired) electrons. The molecule has 0 aliphatic heterocycles. The number of carbonyl (C=O) groups excluding carboxylic acids is 1. The summed E-state index contributed by atoms with van der Waals surface area (Å²) in [6.07, 6.45) is 0. The molecule has 2 N–H and O–H groups in total. The molecule has 0 aliphatic rings. The number of likely N-dealkylation sites (N-methyl/N-ethyl adjacent to an activating group) is 1. The molecule has 0 spiro atoms. The molecule has 100 valence electrons. The second kappa shape index (κ2) is 5.78. The molecule has 6 heteroatoms. The van der Waals surface area contributed by atoms with E-state index >= 15 is 0 Å². The van der Waals surface area contributed by atoms with Gasteiger partial charge >= 0.3 is 6.03 Å². The molecule has 0 bridgehead atoms. The van der Waals surface area contributed by atoms with Crippen molar-refractivity contribution in [1.29, 1.82) is 0 Å². The molecule has 1 aromatic rings. The van der Waals surface area contributed by atoms with Crippen LogP contribution in [0.2, 0.25) is 10.0 Å². The van der Waals surface area contributed by atoms with Gasteiger partial charge in [-0.3, -0.25) is 0 Å². The number of urea groups is 1. The highest BCUT2D eigenvalue weighted by Crippen LogP contribution is 2.22. The number of hydrogen-bond donors (Lipinski definition) is 2. The summed E-state index contributed by atoms with van der Waals surface area (Å²) in [4.78, 5) is 13.2. The Morgan fingerprint density at radius 1 is 1.33 bits per heavy atom. The zero-order valence-electron chi connectivity index (χ0n) is 10.5. The third-order valence-electron chi connectivity index (χ3n) is 2.08. The van der Waals surface area contributed by atoms with Crippen LogP contribution in [0.1, 0.15) is 13.8 Å².